The van der Waals surface area contributed by atoms with Crippen molar-refractivity contribution >= 4 is 15.4 Å². The molecule has 7 atom stereocenters. The third-order valence-corrected chi connectivity index (χ3v) is 10.2. The predicted molar refractivity (Wildman–Crippen MR) is 172 cm³/mol. The van der Waals surface area contributed by atoms with Crippen molar-refractivity contribution in [3.8, 4) is 0 Å². The van der Waals surface area contributed by atoms with Gasteiger partial charge in [-0.15, -0.1) is 0 Å². The van der Waals surface area contributed by atoms with Gasteiger partial charge in [-0.3, -0.25) is 23.4 Å². The predicted octanol–water partition coefficient (Wildman–Crippen LogP) is 4.20. The van der Waals surface area contributed by atoms with Gasteiger partial charge in [-0.2, -0.15) is 0 Å². The van der Waals surface area contributed by atoms with E-state index in [0.29, 0.717) is 30.6 Å². The third-order valence-electron chi connectivity index (χ3n) is 7.90. The Morgan fingerprint density at radius 2 is 1.23 bits per heavy atom. The molecule has 0 aromatic rings. The molecule has 0 amide bonds. The molecule has 2 rings (SSSR count). The lowest BCUT2D eigenvalue weighted by Gasteiger charge is -2.29. The van der Waals surface area contributed by atoms with Crippen LogP contribution in [0.5, 0.6) is 0 Å². The fraction of sp³-hybridized carbons (Fsp3) is 1.00. The van der Waals surface area contributed by atoms with Crippen molar-refractivity contribution in [3.05, 3.63) is 0 Å². The molecular formula is C29H62N4O8P2. The molecule has 256 valence electrons. The number of nitrogens with zero attached hydrogens (tertiary/aromatic N) is 2. The standard InChI is InChI=1S/C29H62N4O8P2/c1-20(2)30-25-13-27(32(15-25)22(5)6)11-12-42(34,35)38-18-29(41-24(9)10)19-40-43(36,37)39-17-28-14-26(31-21(3)4)16-33(28)23(7)8/h20-31H,11-19H2,1-10H3,(H,34,35)(H,36,37)/t25-,26+,27-,28-,29?/m0/s1. The minimum absolute atomic E-state index is 0.0189. The first-order valence-electron chi connectivity index (χ1n) is 16.1. The maximum absolute atomic E-state index is 13.0. The second-order valence-corrected chi connectivity index (χ2v) is 17.1. The summed E-state index contributed by atoms with van der Waals surface area (Å²) in [6, 6.07) is 2.12. The smallest absolute Gasteiger partial charge is 0.371 e. The lowest BCUT2D eigenvalue weighted by Crippen LogP contribution is -2.40. The van der Waals surface area contributed by atoms with Crippen molar-refractivity contribution in [2.75, 3.05) is 39.1 Å². The topological polar surface area (TPSA) is 142 Å². The van der Waals surface area contributed by atoms with Gasteiger partial charge >= 0.3 is 15.4 Å². The van der Waals surface area contributed by atoms with Gasteiger partial charge in [-0.05, 0) is 60.8 Å². The first kappa shape index (κ1) is 39.2. The molecule has 14 heteroatoms. The van der Waals surface area contributed by atoms with Crippen molar-refractivity contribution in [1.29, 1.82) is 0 Å². The van der Waals surface area contributed by atoms with Gasteiger partial charge in [-0.1, -0.05) is 27.7 Å². The average molecular weight is 657 g/mol. The van der Waals surface area contributed by atoms with Gasteiger partial charge in [0.25, 0.3) is 0 Å². The number of rotatable bonds is 20. The lowest BCUT2D eigenvalue weighted by atomic mass is 10.1. The minimum Gasteiger partial charge on any atom is -0.371 e. The molecule has 0 spiro atoms. The Balaban J connectivity index is 1.88. The Labute approximate surface area is 261 Å². The number of phosphoric acid groups is 1. The zero-order valence-corrected chi connectivity index (χ0v) is 30.1. The summed E-state index contributed by atoms with van der Waals surface area (Å²) in [7, 11) is -8.32. The number of ether oxygens (including phenoxy) is 1. The van der Waals surface area contributed by atoms with Crippen LogP contribution in [0.3, 0.4) is 0 Å². The average Bonchev–Trinajstić information content (AvgIpc) is 3.46. The summed E-state index contributed by atoms with van der Waals surface area (Å²) in [6.45, 7) is 21.8. The van der Waals surface area contributed by atoms with Crippen LogP contribution >= 0.6 is 15.4 Å². The van der Waals surface area contributed by atoms with E-state index in [1.165, 1.54) is 0 Å². The van der Waals surface area contributed by atoms with Gasteiger partial charge in [0.2, 0.25) is 0 Å². The van der Waals surface area contributed by atoms with Crippen molar-refractivity contribution in [2.24, 2.45) is 0 Å². The molecular weight excluding hydrogens is 594 g/mol. The van der Waals surface area contributed by atoms with E-state index in [2.05, 4.69) is 75.8 Å². The van der Waals surface area contributed by atoms with E-state index in [-0.39, 0.29) is 56.3 Å². The molecule has 2 aliphatic heterocycles. The second-order valence-electron chi connectivity index (χ2n) is 13.7. The van der Waals surface area contributed by atoms with Crippen molar-refractivity contribution < 1.29 is 37.2 Å². The fourth-order valence-corrected chi connectivity index (χ4v) is 8.21. The summed E-state index contributed by atoms with van der Waals surface area (Å²) in [4.78, 5) is 25.7. The number of hydrogen-bond donors (Lipinski definition) is 4. The van der Waals surface area contributed by atoms with E-state index in [0.717, 1.165) is 25.9 Å². The molecule has 2 saturated heterocycles. The molecule has 2 heterocycles. The van der Waals surface area contributed by atoms with E-state index in [1.54, 1.807) is 0 Å². The van der Waals surface area contributed by atoms with Crippen molar-refractivity contribution in [1.82, 2.24) is 20.4 Å². The molecule has 0 aromatic carbocycles. The second kappa shape index (κ2) is 17.8. The molecule has 0 aliphatic carbocycles. The van der Waals surface area contributed by atoms with Gasteiger partial charge in [0.1, 0.15) is 6.10 Å². The Bertz CT molecular complexity index is 844. The highest BCUT2D eigenvalue weighted by Gasteiger charge is 2.37. The zero-order chi connectivity index (χ0) is 32.5. The largest absolute Gasteiger partial charge is 0.472 e. The van der Waals surface area contributed by atoms with Crippen LogP contribution in [-0.4, -0.2) is 119 Å². The summed E-state index contributed by atoms with van der Waals surface area (Å²) < 4.78 is 47.8. The van der Waals surface area contributed by atoms with Crippen LogP contribution < -0.4 is 10.6 Å². The molecule has 43 heavy (non-hydrogen) atoms. The summed E-state index contributed by atoms with van der Waals surface area (Å²) >= 11 is 0. The Morgan fingerprint density at radius 1 is 0.744 bits per heavy atom. The maximum atomic E-state index is 13.0. The highest BCUT2D eigenvalue weighted by Crippen LogP contribution is 2.46. The van der Waals surface area contributed by atoms with Gasteiger partial charge in [0.05, 0.1) is 32.1 Å². The highest BCUT2D eigenvalue weighted by molar-refractivity contribution is 7.52. The molecule has 0 radical (unpaired) electrons. The molecule has 2 fully saturated rings. The first-order chi connectivity index (χ1) is 19.9. The monoisotopic (exact) mass is 656 g/mol. The molecule has 0 bridgehead atoms. The van der Waals surface area contributed by atoms with Crippen LogP contribution in [-0.2, 0) is 27.4 Å². The van der Waals surface area contributed by atoms with E-state index in [9.17, 15) is 18.9 Å². The third kappa shape index (κ3) is 14.6. The summed E-state index contributed by atoms with van der Waals surface area (Å²) in [5, 5.41) is 7.12. The molecule has 0 aromatic heterocycles. The Kier molecular flexibility index (Phi) is 16.3. The van der Waals surface area contributed by atoms with Crippen molar-refractivity contribution in [3.63, 3.8) is 0 Å². The van der Waals surface area contributed by atoms with Crippen LogP contribution in [0.1, 0.15) is 88.5 Å². The first-order valence-corrected chi connectivity index (χ1v) is 19.4. The van der Waals surface area contributed by atoms with Crippen LogP contribution in [0.4, 0.5) is 0 Å². The lowest BCUT2D eigenvalue weighted by molar-refractivity contribution is -0.0471. The molecule has 4 N–H and O–H groups in total. The van der Waals surface area contributed by atoms with Gasteiger partial charge in [0, 0.05) is 61.4 Å². The molecule has 12 nitrogen and oxygen atoms in total. The van der Waals surface area contributed by atoms with Gasteiger partial charge < -0.3 is 29.7 Å². The van der Waals surface area contributed by atoms with Crippen LogP contribution in [0, 0.1) is 0 Å². The Hall–Kier alpha value is 0.0600. The molecule has 2 aliphatic rings. The summed E-state index contributed by atoms with van der Waals surface area (Å²) in [5.41, 5.74) is 0. The summed E-state index contributed by atoms with van der Waals surface area (Å²) in [6.07, 6.45) is 1.21. The quantitative estimate of drug-likeness (QED) is 0.140. The highest BCUT2D eigenvalue weighted by atomic mass is 31.2. The van der Waals surface area contributed by atoms with Crippen LogP contribution in [0.2, 0.25) is 0 Å². The molecule has 3 unspecified atom stereocenters. The number of likely N-dealkylation sites (tertiary alicyclic amines) is 2. The van der Waals surface area contributed by atoms with Crippen LogP contribution in [0.25, 0.3) is 0 Å². The maximum Gasteiger partial charge on any atom is 0.472 e. The van der Waals surface area contributed by atoms with E-state index in [4.69, 9.17) is 18.3 Å². The SMILES string of the molecule is CC(C)N[C@@H]1C[C@@H](COP(=O)(O)OCC(COP(=O)(O)CC[C@H]2C[C@H](NC(C)C)CN2C(C)C)OC(C)C)N(C(C)C)C1. The van der Waals surface area contributed by atoms with E-state index < -0.39 is 21.5 Å². The van der Waals surface area contributed by atoms with E-state index in [1.807, 2.05) is 13.8 Å². The number of nitrogens with one attached hydrogen (secondary N) is 2. The minimum atomic E-state index is -4.40. The van der Waals surface area contributed by atoms with E-state index >= 15 is 0 Å². The normalized spacial score (nSPS) is 27.7. The van der Waals surface area contributed by atoms with Crippen molar-refractivity contribution in [2.45, 2.75) is 149 Å². The van der Waals surface area contributed by atoms with Crippen LogP contribution in [0.15, 0.2) is 0 Å². The number of phosphoric ester groups is 1. The Morgan fingerprint density at radius 3 is 1.72 bits per heavy atom. The summed E-state index contributed by atoms with van der Waals surface area (Å²) in [5.74, 6) is 0. The van der Waals surface area contributed by atoms with Gasteiger partial charge in [-0.25, -0.2) is 4.57 Å². The zero-order valence-electron chi connectivity index (χ0n) is 28.3. The molecule has 0 saturated carbocycles. The fourth-order valence-electron chi connectivity index (χ4n) is 6.26. The van der Waals surface area contributed by atoms with Gasteiger partial charge in [0.15, 0.2) is 0 Å². The number of hydrogen-bond acceptors (Lipinski definition) is 10.